The number of likely N-dealkylation sites (tertiary alicyclic amines) is 1. The lowest BCUT2D eigenvalue weighted by Gasteiger charge is -2.31. The van der Waals surface area contributed by atoms with E-state index in [2.05, 4.69) is 12.1 Å². The predicted molar refractivity (Wildman–Crippen MR) is 93.5 cm³/mol. The van der Waals surface area contributed by atoms with Crippen molar-refractivity contribution < 1.29 is 9.59 Å². The molecule has 124 valence electrons. The van der Waals surface area contributed by atoms with E-state index < -0.39 is 0 Å². The van der Waals surface area contributed by atoms with Crippen molar-refractivity contribution in [3.8, 4) is 0 Å². The summed E-state index contributed by atoms with van der Waals surface area (Å²) in [6, 6.07) is 17.8. The minimum atomic E-state index is -0.315. The molecule has 1 saturated heterocycles. The van der Waals surface area contributed by atoms with Gasteiger partial charge in [-0.15, -0.1) is 0 Å². The fourth-order valence-corrected chi connectivity index (χ4v) is 3.26. The van der Waals surface area contributed by atoms with E-state index in [1.165, 1.54) is 5.56 Å². The first-order valence-electron chi connectivity index (χ1n) is 8.35. The van der Waals surface area contributed by atoms with E-state index in [1.54, 1.807) is 4.90 Å². The highest BCUT2D eigenvalue weighted by Crippen LogP contribution is 2.21. The molecule has 2 N–H and O–H groups in total. The van der Waals surface area contributed by atoms with Gasteiger partial charge in [0.1, 0.15) is 0 Å². The SMILES string of the molecule is NC(=O)C1CCCN(C(=O)c2ccccc2Cc2ccccc2)C1. The van der Waals surface area contributed by atoms with Crippen LogP contribution in [0.1, 0.15) is 34.3 Å². The third-order valence-corrected chi connectivity index (χ3v) is 4.60. The predicted octanol–water partition coefficient (Wildman–Crippen LogP) is 2.61. The van der Waals surface area contributed by atoms with Crippen molar-refractivity contribution in [2.45, 2.75) is 19.3 Å². The molecule has 0 bridgehead atoms. The minimum absolute atomic E-state index is 0.00696. The second-order valence-electron chi connectivity index (χ2n) is 6.31. The monoisotopic (exact) mass is 322 g/mol. The molecule has 0 saturated carbocycles. The summed E-state index contributed by atoms with van der Waals surface area (Å²) in [5.41, 5.74) is 8.32. The Balaban J connectivity index is 1.81. The van der Waals surface area contributed by atoms with Gasteiger partial charge in [-0.25, -0.2) is 0 Å². The third kappa shape index (κ3) is 3.65. The lowest BCUT2D eigenvalue weighted by atomic mass is 9.95. The summed E-state index contributed by atoms with van der Waals surface area (Å²) in [6.45, 7) is 1.11. The molecule has 1 aliphatic heterocycles. The normalized spacial score (nSPS) is 17.5. The fraction of sp³-hybridized carbons (Fsp3) is 0.300. The largest absolute Gasteiger partial charge is 0.369 e. The molecule has 2 aromatic carbocycles. The van der Waals surface area contributed by atoms with Crippen LogP contribution in [0.5, 0.6) is 0 Å². The van der Waals surface area contributed by atoms with Gasteiger partial charge in [-0.1, -0.05) is 48.5 Å². The topological polar surface area (TPSA) is 63.4 Å². The van der Waals surface area contributed by atoms with Crippen molar-refractivity contribution in [1.82, 2.24) is 4.90 Å². The van der Waals surface area contributed by atoms with E-state index in [1.807, 2.05) is 42.5 Å². The molecule has 4 heteroatoms. The smallest absolute Gasteiger partial charge is 0.254 e. The van der Waals surface area contributed by atoms with E-state index in [-0.39, 0.29) is 17.7 Å². The van der Waals surface area contributed by atoms with Gasteiger partial charge in [0.2, 0.25) is 5.91 Å². The molecule has 1 heterocycles. The Morgan fingerprint density at radius 3 is 2.50 bits per heavy atom. The van der Waals surface area contributed by atoms with Crippen LogP contribution in [0.15, 0.2) is 54.6 Å². The summed E-state index contributed by atoms with van der Waals surface area (Å²) < 4.78 is 0. The number of carbonyl (C=O) groups is 2. The van der Waals surface area contributed by atoms with Crippen molar-refractivity contribution in [2.75, 3.05) is 13.1 Å². The van der Waals surface area contributed by atoms with Crippen LogP contribution >= 0.6 is 0 Å². The van der Waals surface area contributed by atoms with Gasteiger partial charge in [-0.2, -0.15) is 0 Å². The average Bonchev–Trinajstić information content (AvgIpc) is 2.62. The molecule has 4 nitrogen and oxygen atoms in total. The van der Waals surface area contributed by atoms with Crippen molar-refractivity contribution >= 4 is 11.8 Å². The molecule has 1 unspecified atom stereocenters. The van der Waals surface area contributed by atoms with Crippen molar-refractivity contribution in [2.24, 2.45) is 11.7 Å². The average molecular weight is 322 g/mol. The van der Waals surface area contributed by atoms with Crippen LogP contribution < -0.4 is 5.73 Å². The number of hydrogen-bond donors (Lipinski definition) is 1. The third-order valence-electron chi connectivity index (χ3n) is 4.60. The molecule has 0 spiro atoms. The number of nitrogens with zero attached hydrogens (tertiary/aromatic N) is 1. The summed E-state index contributed by atoms with van der Waals surface area (Å²) in [6.07, 6.45) is 2.31. The van der Waals surface area contributed by atoms with Crippen LogP contribution in [0.2, 0.25) is 0 Å². The summed E-state index contributed by atoms with van der Waals surface area (Å²) in [4.78, 5) is 26.2. The molecule has 2 aromatic rings. The Bertz CT molecular complexity index is 727. The molecular formula is C20H22N2O2. The molecule has 3 rings (SSSR count). The first kappa shape index (κ1) is 16.2. The van der Waals surface area contributed by atoms with Crippen molar-refractivity contribution in [3.05, 3.63) is 71.3 Å². The van der Waals surface area contributed by atoms with Crippen LogP contribution in [0.25, 0.3) is 0 Å². The minimum Gasteiger partial charge on any atom is -0.369 e. The number of amides is 2. The highest BCUT2D eigenvalue weighted by molar-refractivity contribution is 5.96. The van der Waals surface area contributed by atoms with Gasteiger partial charge in [-0.3, -0.25) is 9.59 Å². The molecular weight excluding hydrogens is 300 g/mol. The summed E-state index contributed by atoms with van der Waals surface area (Å²) in [5.74, 6) is -0.554. The molecule has 0 radical (unpaired) electrons. The van der Waals surface area contributed by atoms with E-state index >= 15 is 0 Å². The Hall–Kier alpha value is -2.62. The lowest BCUT2D eigenvalue weighted by Crippen LogP contribution is -2.44. The highest BCUT2D eigenvalue weighted by atomic mass is 16.2. The van der Waals surface area contributed by atoms with Gasteiger partial charge in [0, 0.05) is 18.7 Å². The van der Waals surface area contributed by atoms with E-state index in [9.17, 15) is 9.59 Å². The van der Waals surface area contributed by atoms with Gasteiger partial charge in [0.05, 0.1) is 5.92 Å². The molecule has 24 heavy (non-hydrogen) atoms. The maximum Gasteiger partial charge on any atom is 0.254 e. The number of benzene rings is 2. The van der Waals surface area contributed by atoms with Crippen LogP contribution in [0.3, 0.4) is 0 Å². The van der Waals surface area contributed by atoms with Crippen molar-refractivity contribution in [1.29, 1.82) is 0 Å². The van der Waals surface area contributed by atoms with Gasteiger partial charge in [0.25, 0.3) is 5.91 Å². The van der Waals surface area contributed by atoms with E-state index in [4.69, 9.17) is 5.73 Å². The van der Waals surface area contributed by atoms with Gasteiger partial charge >= 0.3 is 0 Å². The zero-order valence-electron chi connectivity index (χ0n) is 13.7. The van der Waals surface area contributed by atoms with Gasteiger partial charge < -0.3 is 10.6 Å². The lowest BCUT2D eigenvalue weighted by molar-refractivity contribution is -0.123. The second-order valence-corrected chi connectivity index (χ2v) is 6.31. The summed E-state index contributed by atoms with van der Waals surface area (Å²) >= 11 is 0. The van der Waals surface area contributed by atoms with Crippen LogP contribution in [0.4, 0.5) is 0 Å². The maximum absolute atomic E-state index is 13.0. The zero-order chi connectivity index (χ0) is 16.9. The quantitative estimate of drug-likeness (QED) is 0.940. The van der Waals surface area contributed by atoms with Crippen LogP contribution in [0, 0.1) is 5.92 Å². The first-order valence-corrected chi connectivity index (χ1v) is 8.35. The van der Waals surface area contributed by atoms with Crippen LogP contribution in [-0.4, -0.2) is 29.8 Å². The zero-order valence-corrected chi connectivity index (χ0v) is 13.7. The number of primary amides is 1. The highest BCUT2D eigenvalue weighted by Gasteiger charge is 2.28. The Labute approximate surface area is 142 Å². The Morgan fingerprint density at radius 2 is 1.75 bits per heavy atom. The number of carbonyl (C=O) groups excluding carboxylic acids is 2. The second kappa shape index (κ2) is 7.30. The molecule has 0 aromatic heterocycles. The van der Waals surface area contributed by atoms with E-state index in [0.717, 1.165) is 24.8 Å². The standard InChI is InChI=1S/C20H22N2O2/c21-19(23)17-10-6-12-22(14-17)20(24)18-11-5-4-9-16(18)13-15-7-2-1-3-8-15/h1-5,7-9,11,17H,6,10,12-14H2,(H2,21,23). The summed E-state index contributed by atoms with van der Waals surface area (Å²) in [5, 5.41) is 0. The van der Waals surface area contributed by atoms with Gasteiger partial charge in [-0.05, 0) is 36.5 Å². The number of nitrogens with two attached hydrogens (primary N) is 1. The summed E-state index contributed by atoms with van der Waals surface area (Å²) in [7, 11) is 0. The molecule has 1 aliphatic rings. The Kier molecular flexibility index (Phi) is 4.94. The van der Waals surface area contributed by atoms with Gasteiger partial charge in [0.15, 0.2) is 0 Å². The van der Waals surface area contributed by atoms with Crippen LogP contribution in [-0.2, 0) is 11.2 Å². The Morgan fingerprint density at radius 1 is 1.04 bits per heavy atom. The first-order chi connectivity index (χ1) is 11.6. The molecule has 2 amide bonds. The van der Waals surface area contributed by atoms with Crippen molar-refractivity contribution in [3.63, 3.8) is 0 Å². The molecule has 1 atom stereocenters. The fourth-order valence-electron chi connectivity index (χ4n) is 3.26. The number of piperidine rings is 1. The number of rotatable bonds is 4. The molecule has 0 aliphatic carbocycles. The van der Waals surface area contributed by atoms with E-state index in [0.29, 0.717) is 18.7 Å². The maximum atomic E-state index is 13.0. The number of hydrogen-bond acceptors (Lipinski definition) is 2. The molecule has 1 fully saturated rings.